The van der Waals surface area contributed by atoms with Crippen molar-refractivity contribution >= 4 is 21.2 Å². The second-order valence-electron chi connectivity index (χ2n) is 5.01. The van der Waals surface area contributed by atoms with E-state index in [1.54, 1.807) is 12.1 Å². The van der Waals surface area contributed by atoms with Gasteiger partial charge in [-0.15, -0.1) is 0 Å². The third kappa shape index (κ3) is 3.76. The fourth-order valence-electron chi connectivity index (χ4n) is 2.11. The van der Waals surface area contributed by atoms with Gasteiger partial charge in [-0.3, -0.25) is 0 Å². The molecule has 0 spiro atoms. The number of nitrogens with one attached hydrogen (secondary N) is 1. The number of aryl methyl sites for hydroxylation is 1. The van der Waals surface area contributed by atoms with Crippen molar-refractivity contribution in [3.8, 4) is 0 Å². The minimum Gasteiger partial charge on any atom is -0.396 e. The fraction of sp³-hybridized carbons (Fsp3) is 0.250. The number of nitrogen functional groups attached to an aromatic ring is 1. The van der Waals surface area contributed by atoms with Crippen LogP contribution in [-0.4, -0.2) is 14.7 Å². The second-order valence-corrected chi connectivity index (χ2v) is 7.00. The average molecular weight is 304 g/mol. The van der Waals surface area contributed by atoms with Gasteiger partial charge in [-0.1, -0.05) is 37.3 Å². The molecule has 0 aliphatic carbocycles. The average Bonchev–Trinajstić information content (AvgIpc) is 2.45. The quantitative estimate of drug-likeness (QED) is 0.833. The summed E-state index contributed by atoms with van der Waals surface area (Å²) >= 11 is 0. The zero-order valence-electron chi connectivity index (χ0n) is 12.3. The first-order valence-corrected chi connectivity index (χ1v) is 8.71. The monoisotopic (exact) mass is 304 g/mol. The first kappa shape index (κ1) is 15.4. The summed E-state index contributed by atoms with van der Waals surface area (Å²) in [6, 6.07) is 13.3. The van der Waals surface area contributed by atoms with Crippen molar-refractivity contribution < 1.29 is 8.42 Å². The van der Waals surface area contributed by atoms with Gasteiger partial charge in [-0.2, -0.15) is 0 Å². The van der Waals surface area contributed by atoms with E-state index >= 15 is 0 Å². The molecule has 5 heteroatoms. The van der Waals surface area contributed by atoms with Crippen LogP contribution >= 0.6 is 0 Å². The molecule has 0 bridgehead atoms. The summed E-state index contributed by atoms with van der Waals surface area (Å²) in [5.41, 5.74) is 9.25. The van der Waals surface area contributed by atoms with E-state index in [1.807, 2.05) is 0 Å². The van der Waals surface area contributed by atoms with E-state index in [0.29, 0.717) is 12.2 Å². The summed E-state index contributed by atoms with van der Waals surface area (Å²) in [6.07, 6.45) is 2.17. The number of hydrogen-bond donors (Lipinski definition) is 2. The highest BCUT2D eigenvalue weighted by Crippen LogP contribution is 2.26. The summed E-state index contributed by atoms with van der Waals surface area (Å²) in [5, 5.41) is 3.19. The van der Waals surface area contributed by atoms with E-state index in [9.17, 15) is 8.42 Å². The molecule has 4 nitrogen and oxygen atoms in total. The summed E-state index contributed by atoms with van der Waals surface area (Å²) in [6.45, 7) is 2.71. The lowest BCUT2D eigenvalue weighted by Crippen LogP contribution is -2.07. The number of rotatable bonds is 5. The largest absolute Gasteiger partial charge is 0.396 e. The Balaban J connectivity index is 2.16. The molecule has 0 saturated heterocycles. The zero-order valence-corrected chi connectivity index (χ0v) is 13.1. The van der Waals surface area contributed by atoms with E-state index < -0.39 is 9.84 Å². The Morgan fingerprint density at radius 3 is 2.24 bits per heavy atom. The SMILES string of the molecule is CCc1ccc(CNc2cccc(S(C)(=O)=O)c2N)cc1. The van der Waals surface area contributed by atoms with E-state index in [4.69, 9.17) is 5.73 Å². The Morgan fingerprint density at radius 2 is 1.67 bits per heavy atom. The topological polar surface area (TPSA) is 72.2 Å². The van der Waals surface area contributed by atoms with Crippen molar-refractivity contribution in [3.05, 3.63) is 53.6 Å². The molecular formula is C16H20N2O2S. The molecule has 0 saturated carbocycles. The molecule has 0 radical (unpaired) electrons. The third-order valence-electron chi connectivity index (χ3n) is 3.38. The fourth-order valence-corrected chi connectivity index (χ4v) is 2.95. The Morgan fingerprint density at radius 1 is 1.05 bits per heavy atom. The molecule has 3 N–H and O–H groups in total. The molecule has 0 amide bonds. The summed E-state index contributed by atoms with van der Waals surface area (Å²) < 4.78 is 23.3. The molecule has 2 aromatic rings. The lowest BCUT2D eigenvalue weighted by Gasteiger charge is -2.12. The summed E-state index contributed by atoms with van der Waals surface area (Å²) in [7, 11) is -3.31. The Labute approximate surface area is 125 Å². The van der Waals surface area contributed by atoms with Gasteiger partial charge in [-0.25, -0.2) is 8.42 Å². The minimum absolute atomic E-state index is 0.161. The lowest BCUT2D eigenvalue weighted by molar-refractivity contribution is 0.602. The van der Waals surface area contributed by atoms with Gasteiger partial charge in [0.2, 0.25) is 0 Å². The zero-order chi connectivity index (χ0) is 15.5. The van der Waals surface area contributed by atoms with E-state index in [2.05, 4.69) is 36.5 Å². The number of anilines is 2. The predicted molar refractivity (Wildman–Crippen MR) is 87.1 cm³/mol. The van der Waals surface area contributed by atoms with Crippen LogP contribution in [0.1, 0.15) is 18.1 Å². The molecule has 0 aromatic heterocycles. The van der Waals surface area contributed by atoms with Gasteiger partial charge >= 0.3 is 0 Å². The van der Waals surface area contributed by atoms with Crippen LogP contribution in [0, 0.1) is 0 Å². The van der Waals surface area contributed by atoms with Crippen molar-refractivity contribution in [1.29, 1.82) is 0 Å². The minimum atomic E-state index is -3.31. The predicted octanol–water partition coefficient (Wildman–Crippen LogP) is 2.85. The van der Waals surface area contributed by atoms with Crippen molar-refractivity contribution in [1.82, 2.24) is 0 Å². The van der Waals surface area contributed by atoms with Crippen LogP contribution in [0.25, 0.3) is 0 Å². The van der Waals surface area contributed by atoms with Gasteiger partial charge in [0.25, 0.3) is 0 Å². The number of hydrogen-bond acceptors (Lipinski definition) is 4. The van der Waals surface area contributed by atoms with Crippen molar-refractivity contribution in [3.63, 3.8) is 0 Å². The summed E-state index contributed by atoms with van der Waals surface area (Å²) in [5.74, 6) is 0. The normalized spacial score (nSPS) is 11.3. The van der Waals surface area contributed by atoms with Gasteiger partial charge in [0.1, 0.15) is 0 Å². The third-order valence-corrected chi connectivity index (χ3v) is 4.53. The Bertz CT molecular complexity index is 722. The van der Waals surface area contributed by atoms with Crippen LogP contribution in [0.2, 0.25) is 0 Å². The van der Waals surface area contributed by atoms with Crippen LogP contribution in [-0.2, 0) is 22.8 Å². The maximum atomic E-state index is 11.6. The molecule has 0 unspecified atom stereocenters. The maximum Gasteiger partial charge on any atom is 0.177 e. The van der Waals surface area contributed by atoms with Crippen molar-refractivity contribution in [2.45, 2.75) is 24.8 Å². The molecule has 0 heterocycles. The van der Waals surface area contributed by atoms with E-state index in [0.717, 1.165) is 18.2 Å². The highest BCUT2D eigenvalue weighted by molar-refractivity contribution is 7.90. The molecule has 2 aromatic carbocycles. The number of nitrogens with two attached hydrogens (primary N) is 1. The Kier molecular flexibility index (Phi) is 4.53. The number of benzene rings is 2. The molecule has 0 atom stereocenters. The van der Waals surface area contributed by atoms with Crippen LogP contribution in [0.15, 0.2) is 47.4 Å². The van der Waals surface area contributed by atoms with Crippen LogP contribution in [0.3, 0.4) is 0 Å². The van der Waals surface area contributed by atoms with Crippen LogP contribution in [0.4, 0.5) is 11.4 Å². The van der Waals surface area contributed by atoms with Gasteiger partial charge in [0, 0.05) is 12.8 Å². The molecular weight excluding hydrogens is 284 g/mol. The van der Waals surface area contributed by atoms with Gasteiger partial charge in [0.15, 0.2) is 9.84 Å². The smallest absolute Gasteiger partial charge is 0.177 e. The van der Waals surface area contributed by atoms with E-state index in [-0.39, 0.29) is 10.6 Å². The van der Waals surface area contributed by atoms with E-state index in [1.165, 1.54) is 11.6 Å². The molecule has 0 aliphatic rings. The standard InChI is InChI=1S/C16H20N2O2S/c1-3-12-7-9-13(10-8-12)11-18-14-5-4-6-15(16(14)17)21(2,19)20/h4-10,18H,3,11,17H2,1-2H3. The molecule has 2 rings (SSSR count). The molecule has 112 valence electrons. The number of sulfone groups is 1. The van der Waals surface area contributed by atoms with Crippen molar-refractivity contribution in [2.75, 3.05) is 17.3 Å². The van der Waals surface area contributed by atoms with Crippen LogP contribution in [0.5, 0.6) is 0 Å². The van der Waals surface area contributed by atoms with Crippen LogP contribution < -0.4 is 11.1 Å². The first-order chi connectivity index (χ1) is 9.91. The number of para-hydroxylation sites is 1. The molecule has 0 fully saturated rings. The Hall–Kier alpha value is -2.01. The molecule has 21 heavy (non-hydrogen) atoms. The second kappa shape index (κ2) is 6.18. The van der Waals surface area contributed by atoms with Crippen molar-refractivity contribution in [2.24, 2.45) is 0 Å². The highest BCUT2D eigenvalue weighted by Gasteiger charge is 2.13. The maximum absolute atomic E-state index is 11.6. The lowest BCUT2D eigenvalue weighted by atomic mass is 10.1. The van der Waals surface area contributed by atoms with Gasteiger partial charge < -0.3 is 11.1 Å². The molecule has 0 aliphatic heterocycles. The van der Waals surface area contributed by atoms with Gasteiger partial charge in [0.05, 0.1) is 16.3 Å². The highest BCUT2D eigenvalue weighted by atomic mass is 32.2. The van der Waals surface area contributed by atoms with Gasteiger partial charge in [-0.05, 0) is 29.7 Å². The summed E-state index contributed by atoms with van der Waals surface area (Å²) in [4.78, 5) is 0.161. The first-order valence-electron chi connectivity index (χ1n) is 6.82.